The fourth-order valence-electron chi connectivity index (χ4n) is 2.67. The molecule has 1 aliphatic rings. The van der Waals surface area contributed by atoms with Crippen LogP contribution >= 0.6 is 0 Å². The molecule has 2 heterocycles. The van der Waals surface area contributed by atoms with Crippen LogP contribution in [-0.4, -0.2) is 22.9 Å². The smallest absolute Gasteiger partial charge is 0.0688 e. The third-order valence-corrected chi connectivity index (χ3v) is 3.58. The molecule has 0 aliphatic carbocycles. The van der Waals surface area contributed by atoms with E-state index in [0.717, 1.165) is 18.8 Å². The zero-order valence-electron chi connectivity index (χ0n) is 10.8. The predicted molar refractivity (Wildman–Crippen MR) is 73.5 cm³/mol. The molecule has 0 amide bonds. The van der Waals surface area contributed by atoms with Crippen LogP contribution in [0.2, 0.25) is 0 Å². The van der Waals surface area contributed by atoms with Crippen LogP contribution in [-0.2, 0) is 0 Å². The first-order valence-electron chi connectivity index (χ1n) is 6.67. The van der Waals surface area contributed by atoms with Crippen LogP contribution in [0.1, 0.15) is 24.6 Å². The van der Waals surface area contributed by atoms with E-state index in [4.69, 9.17) is 5.10 Å². The summed E-state index contributed by atoms with van der Waals surface area (Å²) in [6.45, 7) is 4.26. The maximum absolute atomic E-state index is 4.70. The number of nitrogens with zero attached hydrogens (tertiary/aromatic N) is 2. The lowest BCUT2D eigenvalue weighted by Crippen LogP contribution is -2.30. The number of benzene rings is 1. The fraction of sp³-hybridized carbons (Fsp3) is 0.400. The Labute approximate surface area is 108 Å². The van der Waals surface area contributed by atoms with Gasteiger partial charge in [0.05, 0.1) is 17.4 Å². The molecule has 0 radical (unpaired) electrons. The lowest BCUT2D eigenvalue weighted by molar-refractivity contribution is 0.345. The zero-order valence-corrected chi connectivity index (χ0v) is 10.8. The van der Waals surface area contributed by atoms with Gasteiger partial charge in [-0.2, -0.15) is 5.10 Å². The van der Waals surface area contributed by atoms with Crippen molar-refractivity contribution in [2.24, 2.45) is 0 Å². The number of hydrogen-bond donors (Lipinski definition) is 1. The molecule has 3 nitrogen and oxygen atoms in total. The van der Waals surface area contributed by atoms with Crippen LogP contribution < -0.4 is 5.32 Å². The van der Waals surface area contributed by atoms with Gasteiger partial charge >= 0.3 is 0 Å². The first kappa shape index (κ1) is 11.5. The quantitative estimate of drug-likeness (QED) is 0.876. The molecular weight excluding hydrogens is 222 g/mol. The molecule has 18 heavy (non-hydrogen) atoms. The highest BCUT2D eigenvalue weighted by molar-refractivity contribution is 5.59. The summed E-state index contributed by atoms with van der Waals surface area (Å²) in [7, 11) is 0. The average Bonchev–Trinajstić information content (AvgIpc) is 2.83. The molecule has 0 spiro atoms. The van der Waals surface area contributed by atoms with Crippen molar-refractivity contribution in [3.05, 3.63) is 42.1 Å². The molecule has 0 unspecified atom stereocenters. The van der Waals surface area contributed by atoms with Crippen molar-refractivity contribution < 1.29 is 0 Å². The highest BCUT2D eigenvalue weighted by atomic mass is 15.3. The largest absolute Gasteiger partial charge is 0.317 e. The fourth-order valence-corrected chi connectivity index (χ4v) is 2.67. The molecule has 1 aromatic carbocycles. The van der Waals surface area contributed by atoms with Crippen molar-refractivity contribution in [3.8, 4) is 11.3 Å². The van der Waals surface area contributed by atoms with Crippen molar-refractivity contribution in [2.45, 2.75) is 25.8 Å². The Balaban J connectivity index is 1.99. The Bertz CT molecular complexity index is 510. The minimum atomic E-state index is 0.537. The van der Waals surface area contributed by atoms with Gasteiger partial charge in [-0.1, -0.05) is 30.3 Å². The minimum Gasteiger partial charge on any atom is -0.317 e. The van der Waals surface area contributed by atoms with Gasteiger partial charge in [0, 0.05) is 0 Å². The molecule has 1 fully saturated rings. The van der Waals surface area contributed by atoms with Crippen LogP contribution in [0.25, 0.3) is 11.3 Å². The standard InChI is InChI=1S/C15H19N3/c1-12-11-15(13-5-3-2-4-6-13)18(17-12)14-7-9-16-10-8-14/h2-6,11,14,16H,7-10H2,1H3. The molecule has 1 N–H and O–H groups in total. The predicted octanol–water partition coefficient (Wildman–Crippen LogP) is 2.78. The summed E-state index contributed by atoms with van der Waals surface area (Å²) in [5.74, 6) is 0. The Hall–Kier alpha value is -1.61. The number of aromatic nitrogens is 2. The molecular formula is C15H19N3. The van der Waals surface area contributed by atoms with Crippen molar-refractivity contribution in [2.75, 3.05) is 13.1 Å². The molecule has 94 valence electrons. The van der Waals surface area contributed by atoms with Gasteiger partial charge in [-0.15, -0.1) is 0 Å². The third-order valence-electron chi connectivity index (χ3n) is 3.58. The normalized spacial score (nSPS) is 16.9. The van der Waals surface area contributed by atoms with Crippen LogP contribution in [0, 0.1) is 6.92 Å². The second kappa shape index (κ2) is 4.94. The lowest BCUT2D eigenvalue weighted by atomic mass is 10.1. The molecule has 2 aromatic rings. The van der Waals surface area contributed by atoms with Gasteiger partial charge in [0.1, 0.15) is 0 Å². The van der Waals surface area contributed by atoms with Crippen LogP contribution in [0.3, 0.4) is 0 Å². The Morgan fingerprint density at radius 3 is 2.61 bits per heavy atom. The Morgan fingerprint density at radius 1 is 1.17 bits per heavy atom. The van der Waals surface area contributed by atoms with Gasteiger partial charge in [0.2, 0.25) is 0 Å². The summed E-state index contributed by atoms with van der Waals surface area (Å²) in [5, 5.41) is 8.11. The van der Waals surface area contributed by atoms with Gasteiger partial charge in [-0.25, -0.2) is 0 Å². The second-order valence-electron chi connectivity index (χ2n) is 4.96. The number of rotatable bonds is 2. The Morgan fingerprint density at radius 2 is 1.89 bits per heavy atom. The van der Waals surface area contributed by atoms with E-state index in [1.165, 1.54) is 24.1 Å². The summed E-state index contributed by atoms with van der Waals surface area (Å²) in [6.07, 6.45) is 2.34. The Kier molecular flexibility index (Phi) is 3.15. The molecule has 1 saturated heterocycles. The average molecular weight is 241 g/mol. The summed E-state index contributed by atoms with van der Waals surface area (Å²) < 4.78 is 2.23. The third kappa shape index (κ3) is 2.18. The minimum absolute atomic E-state index is 0.537. The molecule has 3 rings (SSSR count). The van der Waals surface area contributed by atoms with E-state index in [0.29, 0.717) is 6.04 Å². The zero-order chi connectivity index (χ0) is 12.4. The highest BCUT2D eigenvalue weighted by Gasteiger charge is 2.19. The van der Waals surface area contributed by atoms with E-state index in [1.807, 2.05) is 0 Å². The van der Waals surface area contributed by atoms with Crippen molar-refractivity contribution in [1.82, 2.24) is 15.1 Å². The van der Waals surface area contributed by atoms with Gasteiger partial charge in [-0.3, -0.25) is 4.68 Å². The lowest BCUT2D eigenvalue weighted by Gasteiger charge is -2.24. The molecule has 1 aromatic heterocycles. The topological polar surface area (TPSA) is 29.9 Å². The van der Waals surface area contributed by atoms with Crippen molar-refractivity contribution in [3.63, 3.8) is 0 Å². The molecule has 0 saturated carbocycles. The van der Waals surface area contributed by atoms with Crippen LogP contribution in [0.15, 0.2) is 36.4 Å². The number of piperidine rings is 1. The summed E-state index contributed by atoms with van der Waals surface area (Å²) in [6, 6.07) is 13.3. The maximum Gasteiger partial charge on any atom is 0.0688 e. The maximum atomic E-state index is 4.70. The second-order valence-corrected chi connectivity index (χ2v) is 4.96. The van der Waals surface area contributed by atoms with E-state index >= 15 is 0 Å². The van der Waals surface area contributed by atoms with Gasteiger partial charge in [0.25, 0.3) is 0 Å². The monoisotopic (exact) mass is 241 g/mol. The number of aryl methyl sites for hydroxylation is 1. The van der Waals surface area contributed by atoms with Crippen LogP contribution in [0.4, 0.5) is 0 Å². The van der Waals surface area contributed by atoms with E-state index in [1.54, 1.807) is 0 Å². The summed E-state index contributed by atoms with van der Waals surface area (Å²) >= 11 is 0. The van der Waals surface area contributed by atoms with Crippen molar-refractivity contribution >= 4 is 0 Å². The molecule has 1 aliphatic heterocycles. The van der Waals surface area contributed by atoms with E-state index in [2.05, 4.69) is 53.3 Å². The first-order valence-corrected chi connectivity index (χ1v) is 6.67. The van der Waals surface area contributed by atoms with Gasteiger partial charge < -0.3 is 5.32 Å². The van der Waals surface area contributed by atoms with Crippen LogP contribution in [0.5, 0.6) is 0 Å². The highest BCUT2D eigenvalue weighted by Crippen LogP contribution is 2.27. The number of hydrogen-bond acceptors (Lipinski definition) is 2. The number of nitrogens with one attached hydrogen (secondary N) is 1. The first-order chi connectivity index (χ1) is 8.84. The van der Waals surface area contributed by atoms with Gasteiger partial charge in [-0.05, 0) is 44.5 Å². The summed E-state index contributed by atoms with van der Waals surface area (Å²) in [4.78, 5) is 0. The van der Waals surface area contributed by atoms with E-state index in [9.17, 15) is 0 Å². The molecule has 0 atom stereocenters. The molecule has 0 bridgehead atoms. The van der Waals surface area contributed by atoms with E-state index in [-0.39, 0.29) is 0 Å². The van der Waals surface area contributed by atoms with Gasteiger partial charge in [0.15, 0.2) is 0 Å². The van der Waals surface area contributed by atoms with Crippen molar-refractivity contribution in [1.29, 1.82) is 0 Å². The SMILES string of the molecule is Cc1cc(-c2ccccc2)n(C2CCNCC2)n1. The molecule has 3 heteroatoms. The summed E-state index contributed by atoms with van der Waals surface area (Å²) in [5.41, 5.74) is 3.61. The van der Waals surface area contributed by atoms with E-state index < -0.39 is 0 Å².